The first kappa shape index (κ1) is 17.4. The number of halogens is 1. The van der Waals surface area contributed by atoms with Gasteiger partial charge in [0.15, 0.2) is 0 Å². The average Bonchev–Trinajstić information content (AvgIpc) is 2.43. The van der Waals surface area contributed by atoms with Gasteiger partial charge in [-0.15, -0.1) is 0 Å². The molecule has 114 valence electrons. The van der Waals surface area contributed by atoms with E-state index >= 15 is 0 Å². The quantitative estimate of drug-likeness (QED) is 0.834. The molecule has 0 bridgehead atoms. The highest BCUT2D eigenvalue weighted by Crippen LogP contribution is 2.24. The minimum absolute atomic E-state index is 0.0314. The molecule has 0 radical (unpaired) electrons. The van der Waals surface area contributed by atoms with Crippen molar-refractivity contribution < 1.29 is 13.5 Å². The van der Waals surface area contributed by atoms with Crippen molar-refractivity contribution in [2.75, 3.05) is 27.2 Å². The van der Waals surface area contributed by atoms with Crippen LogP contribution in [0.2, 0.25) is 5.02 Å². The lowest BCUT2D eigenvalue weighted by Gasteiger charge is -2.29. The third kappa shape index (κ3) is 4.17. The van der Waals surface area contributed by atoms with Gasteiger partial charge in [-0.3, -0.25) is 0 Å². The Morgan fingerprint density at radius 1 is 1.25 bits per heavy atom. The number of nitrogens with zero attached hydrogens (tertiary/aromatic N) is 2. The molecule has 5 nitrogen and oxygen atoms in total. The zero-order valence-corrected chi connectivity index (χ0v) is 13.5. The Labute approximate surface area is 125 Å². The van der Waals surface area contributed by atoms with Crippen LogP contribution in [-0.2, 0) is 10.2 Å². The topological polar surface area (TPSA) is 60.9 Å². The zero-order valence-electron chi connectivity index (χ0n) is 12.0. The van der Waals surface area contributed by atoms with Gasteiger partial charge < -0.3 is 5.11 Å². The van der Waals surface area contributed by atoms with Gasteiger partial charge in [0.1, 0.15) is 0 Å². The molecule has 1 rings (SSSR count). The van der Waals surface area contributed by atoms with E-state index in [0.717, 1.165) is 5.56 Å². The third-order valence-electron chi connectivity index (χ3n) is 3.29. The fraction of sp³-hybridized carbons (Fsp3) is 0.538. The second-order valence-electron chi connectivity index (χ2n) is 4.65. The van der Waals surface area contributed by atoms with E-state index in [1.165, 1.54) is 15.7 Å². The summed E-state index contributed by atoms with van der Waals surface area (Å²) in [5.74, 6) is 0. The Hall–Kier alpha value is -0.660. The first-order valence-electron chi connectivity index (χ1n) is 6.36. The van der Waals surface area contributed by atoms with Crippen LogP contribution in [0.25, 0.3) is 0 Å². The molecular formula is C13H21ClN2O3S. The first-order chi connectivity index (χ1) is 9.30. The lowest BCUT2D eigenvalue weighted by molar-refractivity contribution is 0.270. The van der Waals surface area contributed by atoms with Gasteiger partial charge in [0, 0.05) is 38.3 Å². The smallest absolute Gasteiger partial charge is 0.282 e. The van der Waals surface area contributed by atoms with Crippen molar-refractivity contribution in [2.24, 2.45) is 0 Å². The molecule has 0 amide bonds. The van der Waals surface area contributed by atoms with Gasteiger partial charge in [0.05, 0.1) is 0 Å². The molecule has 0 fully saturated rings. The fourth-order valence-electron chi connectivity index (χ4n) is 1.78. The Morgan fingerprint density at radius 3 is 2.30 bits per heavy atom. The first-order valence-corrected chi connectivity index (χ1v) is 8.13. The summed E-state index contributed by atoms with van der Waals surface area (Å²) in [5, 5.41) is 9.40. The van der Waals surface area contributed by atoms with Crippen LogP contribution in [0.5, 0.6) is 0 Å². The lowest BCUT2D eigenvalue weighted by atomic mass is 10.1. The predicted octanol–water partition coefficient (Wildman–Crippen LogP) is 1.89. The van der Waals surface area contributed by atoms with Gasteiger partial charge in [-0.25, -0.2) is 0 Å². The summed E-state index contributed by atoms with van der Waals surface area (Å²) >= 11 is 5.83. The van der Waals surface area contributed by atoms with Crippen LogP contribution in [0, 0.1) is 0 Å². The number of benzene rings is 1. The monoisotopic (exact) mass is 320 g/mol. The van der Waals surface area contributed by atoms with Crippen LogP contribution in [0.4, 0.5) is 0 Å². The molecule has 0 saturated carbocycles. The molecule has 0 heterocycles. The van der Waals surface area contributed by atoms with Crippen molar-refractivity contribution in [3.8, 4) is 0 Å². The van der Waals surface area contributed by atoms with Gasteiger partial charge in [-0.2, -0.15) is 17.0 Å². The van der Waals surface area contributed by atoms with Gasteiger partial charge in [-0.05, 0) is 31.0 Å². The van der Waals surface area contributed by atoms with Crippen molar-refractivity contribution in [1.82, 2.24) is 8.61 Å². The van der Waals surface area contributed by atoms with Crippen LogP contribution >= 0.6 is 11.6 Å². The molecule has 0 saturated heterocycles. The molecule has 1 aromatic rings. The van der Waals surface area contributed by atoms with E-state index in [4.69, 9.17) is 16.7 Å². The molecule has 0 aromatic heterocycles. The molecule has 1 N–H and O–H groups in total. The highest BCUT2D eigenvalue weighted by Gasteiger charge is 2.28. The van der Waals surface area contributed by atoms with Gasteiger partial charge in [-0.1, -0.05) is 23.7 Å². The molecule has 1 atom stereocenters. The van der Waals surface area contributed by atoms with E-state index in [9.17, 15) is 8.42 Å². The van der Waals surface area contributed by atoms with Crippen LogP contribution in [0.3, 0.4) is 0 Å². The number of aliphatic hydroxyl groups is 1. The third-order valence-corrected chi connectivity index (χ3v) is 5.55. The molecule has 0 aliphatic rings. The highest BCUT2D eigenvalue weighted by atomic mass is 35.5. The summed E-state index contributed by atoms with van der Waals surface area (Å²) in [6.45, 7) is 2.08. The van der Waals surface area contributed by atoms with Crippen molar-refractivity contribution >= 4 is 21.8 Å². The van der Waals surface area contributed by atoms with Crippen LogP contribution in [0.15, 0.2) is 24.3 Å². The summed E-state index contributed by atoms with van der Waals surface area (Å²) in [4.78, 5) is 0. The molecule has 0 aliphatic heterocycles. The predicted molar refractivity (Wildman–Crippen MR) is 80.9 cm³/mol. The summed E-state index contributed by atoms with van der Waals surface area (Å²) in [6.07, 6.45) is 0.416. The van der Waals surface area contributed by atoms with Crippen molar-refractivity contribution in [2.45, 2.75) is 19.4 Å². The molecule has 0 spiro atoms. The maximum absolute atomic E-state index is 12.4. The minimum Gasteiger partial charge on any atom is -0.396 e. The normalized spacial score (nSPS) is 13.9. The number of rotatable bonds is 7. The standard InChI is InChI=1S/C13H21ClN2O3S/c1-11(12-5-7-13(14)8-6-12)16(3)20(18,19)15(2)9-4-10-17/h5-8,11,17H,4,9-10H2,1-3H3. The molecule has 1 unspecified atom stereocenters. The molecule has 20 heavy (non-hydrogen) atoms. The van der Waals surface area contributed by atoms with E-state index in [0.29, 0.717) is 11.4 Å². The van der Waals surface area contributed by atoms with Crippen LogP contribution in [0.1, 0.15) is 24.9 Å². The molecule has 1 aromatic carbocycles. The minimum atomic E-state index is -3.55. The van der Waals surface area contributed by atoms with Crippen molar-refractivity contribution in [3.63, 3.8) is 0 Å². The zero-order chi connectivity index (χ0) is 15.3. The second kappa shape index (κ2) is 7.38. The number of hydrogen-bond acceptors (Lipinski definition) is 3. The van der Waals surface area contributed by atoms with E-state index < -0.39 is 10.2 Å². The molecular weight excluding hydrogens is 300 g/mol. The second-order valence-corrected chi connectivity index (χ2v) is 7.18. The van der Waals surface area contributed by atoms with Gasteiger partial charge in [0.25, 0.3) is 10.2 Å². The summed E-state index contributed by atoms with van der Waals surface area (Å²) in [6, 6.07) is 6.81. The van der Waals surface area contributed by atoms with E-state index in [2.05, 4.69) is 0 Å². The van der Waals surface area contributed by atoms with Crippen LogP contribution < -0.4 is 0 Å². The molecule has 7 heteroatoms. The van der Waals surface area contributed by atoms with E-state index in [1.54, 1.807) is 19.2 Å². The molecule has 0 aliphatic carbocycles. The Morgan fingerprint density at radius 2 is 1.80 bits per heavy atom. The van der Waals surface area contributed by atoms with Crippen molar-refractivity contribution in [1.29, 1.82) is 0 Å². The fourth-order valence-corrected chi connectivity index (χ4v) is 3.23. The average molecular weight is 321 g/mol. The largest absolute Gasteiger partial charge is 0.396 e. The van der Waals surface area contributed by atoms with Gasteiger partial charge >= 0.3 is 0 Å². The summed E-state index contributed by atoms with van der Waals surface area (Å²) in [7, 11) is -0.490. The van der Waals surface area contributed by atoms with E-state index in [-0.39, 0.29) is 19.2 Å². The lowest BCUT2D eigenvalue weighted by Crippen LogP contribution is -2.41. The number of hydrogen-bond donors (Lipinski definition) is 1. The van der Waals surface area contributed by atoms with E-state index in [1.807, 2.05) is 19.1 Å². The summed E-state index contributed by atoms with van der Waals surface area (Å²) < 4.78 is 27.3. The van der Waals surface area contributed by atoms with Gasteiger partial charge in [0.2, 0.25) is 0 Å². The Bertz CT molecular complexity index is 519. The SMILES string of the molecule is CC(c1ccc(Cl)cc1)N(C)S(=O)(=O)N(C)CCCO. The van der Waals surface area contributed by atoms with Crippen LogP contribution in [-0.4, -0.2) is 49.4 Å². The maximum Gasteiger partial charge on any atom is 0.282 e. The Kier molecular flexibility index (Phi) is 6.42. The highest BCUT2D eigenvalue weighted by molar-refractivity contribution is 7.86. The summed E-state index contributed by atoms with van der Waals surface area (Å²) in [5.41, 5.74) is 0.871. The number of aliphatic hydroxyl groups excluding tert-OH is 1. The Balaban J connectivity index is 2.86. The van der Waals surface area contributed by atoms with Crippen molar-refractivity contribution in [3.05, 3.63) is 34.9 Å². The maximum atomic E-state index is 12.4.